The highest BCUT2D eigenvalue weighted by Crippen LogP contribution is 2.31. The Hall–Kier alpha value is -2.80. The van der Waals surface area contributed by atoms with Crippen molar-refractivity contribution in [3.05, 3.63) is 60.2 Å². The number of aryl methyl sites for hydroxylation is 1. The van der Waals surface area contributed by atoms with Gasteiger partial charge in [0.2, 0.25) is 0 Å². The van der Waals surface area contributed by atoms with Crippen LogP contribution in [-0.2, 0) is 6.54 Å². The Morgan fingerprint density at radius 3 is 2.85 bits per heavy atom. The van der Waals surface area contributed by atoms with Crippen LogP contribution >= 0.6 is 0 Å². The second kappa shape index (κ2) is 7.61. The summed E-state index contributed by atoms with van der Waals surface area (Å²) < 4.78 is 0. The van der Waals surface area contributed by atoms with E-state index < -0.39 is 0 Å². The zero-order chi connectivity index (χ0) is 17.8. The normalized spacial score (nSPS) is 18.0. The van der Waals surface area contributed by atoms with Crippen LogP contribution in [0.25, 0.3) is 0 Å². The van der Waals surface area contributed by atoms with Gasteiger partial charge in [0.1, 0.15) is 11.6 Å². The van der Waals surface area contributed by atoms with E-state index in [1.807, 2.05) is 25.3 Å². The molecule has 1 fully saturated rings. The van der Waals surface area contributed by atoms with Gasteiger partial charge in [-0.1, -0.05) is 6.07 Å². The van der Waals surface area contributed by atoms with E-state index in [1.165, 1.54) is 0 Å². The van der Waals surface area contributed by atoms with E-state index in [4.69, 9.17) is 0 Å². The number of rotatable bonds is 5. The van der Waals surface area contributed by atoms with Crippen LogP contribution < -0.4 is 5.32 Å². The molecule has 3 aromatic rings. The van der Waals surface area contributed by atoms with Crippen LogP contribution in [0, 0.1) is 6.92 Å². The van der Waals surface area contributed by atoms with E-state index in [9.17, 15) is 0 Å². The van der Waals surface area contributed by atoms with Crippen LogP contribution in [0.3, 0.4) is 0 Å². The molecule has 1 aliphatic rings. The molecule has 1 aliphatic heterocycles. The van der Waals surface area contributed by atoms with Gasteiger partial charge in [0.05, 0.1) is 12.2 Å². The number of nitrogens with zero attached hydrogens (tertiary/aromatic N) is 5. The number of likely N-dealkylation sites (tertiary alicyclic amines) is 1. The van der Waals surface area contributed by atoms with Gasteiger partial charge in [0, 0.05) is 43.4 Å². The lowest BCUT2D eigenvalue weighted by Crippen LogP contribution is -2.34. The van der Waals surface area contributed by atoms with Gasteiger partial charge in [-0.25, -0.2) is 15.0 Å². The highest BCUT2D eigenvalue weighted by molar-refractivity contribution is 5.57. The Kier molecular flexibility index (Phi) is 4.88. The van der Waals surface area contributed by atoms with Crippen molar-refractivity contribution in [2.45, 2.75) is 32.2 Å². The molecule has 0 spiro atoms. The minimum absolute atomic E-state index is 0.346. The van der Waals surface area contributed by atoms with Crippen LogP contribution in [0.4, 0.5) is 11.6 Å². The van der Waals surface area contributed by atoms with Crippen molar-refractivity contribution >= 4 is 11.6 Å². The standard InChI is InChI=1S/C19H23N7/c1-14-4-2-6-23-18(14)25-19-17(22-9-10-24-19)15-5-3-11-26(12-15)13-16-20-7-8-21-16/h2,4,6-10,15H,3,5,11-13H2,1H3,(H,20,21)(H,23,24,25)/t15-/m0/s1. The summed E-state index contributed by atoms with van der Waals surface area (Å²) in [4.78, 5) is 23.6. The fourth-order valence-electron chi connectivity index (χ4n) is 3.49. The van der Waals surface area contributed by atoms with E-state index in [-0.39, 0.29) is 0 Å². The van der Waals surface area contributed by atoms with Crippen LogP contribution in [0.15, 0.2) is 43.1 Å². The van der Waals surface area contributed by atoms with Gasteiger partial charge in [-0.3, -0.25) is 9.88 Å². The number of aromatic nitrogens is 5. The van der Waals surface area contributed by atoms with E-state index in [2.05, 4.69) is 35.1 Å². The lowest BCUT2D eigenvalue weighted by atomic mass is 9.94. The minimum atomic E-state index is 0.346. The second-order valence-electron chi connectivity index (χ2n) is 6.69. The highest BCUT2D eigenvalue weighted by Gasteiger charge is 2.25. The third-order valence-electron chi connectivity index (χ3n) is 4.79. The Morgan fingerprint density at radius 2 is 2.00 bits per heavy atom. The zero-order valence-corrected chi connectivity index (χ0v) is 14.9. The number of H-pyrrole nitrogens is 1. The first kappa shape index (κ1) is 16.7. The maximum atomic E-state index is 4.66. The van der Waals surface area contributed by atoms with Crippen molar-refractivity contribution < 1.29 is 0 Å². The Labute approximate surface area is 152 Å². The summed E-state index contributed by atoms with van der Waals surface area (Å²) in [5.41, 5.74) is 2.11. The van der Waals surface area contributed by atoms with Crippen LogP contribution in [0.2, 0.25) is 0 Å². The second-order valence-corrected chi connectivity index (χ2v) is 6.69. The molecule has 4 heterocycles. The average molecular weight is 349 g/mol. The summed E-state index contributed by atoms with van der Waals surface area (Å²) >= 11 is 0. The summed E-state index contributed by atoms with van der Waals surface area (Å²) in [6.45, 7) is 4.91. The molecule has 0 radical (unpaired) electrons. The highest BCUT2D eigenvalue weighted by atomic mass is 15.2. The molecule has 1 atom stereocenters. The smallest absolute Gasteiger partial charge is 0.153 e. The number of imidazole rings is 1. The predicted octanol–water partition coefficient (Wildman–Crippen LogP) is 3.03. The molecule has 0 amide bonds. The monoisotopic (exact) mass is 349 g/mol. The first-order valence-electron chi connectivity index (χ1n) is 9.00. The van der Waals surface area contributed by atoms with Crippen molar-refractivity contribution in [2.75, 3.05) is 18.4 Å². The molecule has 4 rings (SSSR count). The number of nitrogens with one attached hydrogen (secondary N) is 2. The molecule has 0 unspecified atom stereocenters. The van der Waals surface area contributed by atoms with Crippen molar-refractivity contribution in [3.8, 4) is 0 Å². The fraction of sp³-hybridized carbons (Fsp3) is 0.368. The van der Waals surface area contributed by atoms with E-state index in [0.717, 1.165) is 61.2 Å². The molecule has 7 nitrogen and oxygen atoms in total. The first-order valence-corrected chi connectivity index (χ1v) is 9.00. The maximum absolute atomic E-state index is 4.66. The zero-order valence-electron chi connectivity index (χ0n) is 14.9. The van der Waals surface area contributed by atoms with Crippen molar-refractivity contribution in [2.24, 2.45) is 0 Å². The quantitative estimate of drug-likeness (QED) is 0.737. The van der Waals surface area contributed by atoms with E-state index >= 15 is 0 Å². The van der Waals surface area contributed by atoms with Crippen LogP contribution in [0.5, 0.6) is 0 Å². The van der Waals surface area contributed by atoms with Gasteiger partial charge < -0.3 is 10.3 Å². The minimum Gasteiger partial charge on any atom is -0.348 e. The van der Waals surface area contributed by atoms with Crippen LogP contribution in [-0.4, -0.2) is 42.9 Å². The third-order valence-corrected chi connectivity index (χ3v) is 4.79. The van der Waals surface area contributed by atoms with E-state index in [0.29, 0.717) is 5.92 Å². The van der Waals surface area contributed by atoms with Gasteiger partial charge in [0.25, 0.3) is 0 Å². The molecule has 0 bridgehead atoms. The first-order chi connectivity index (χ1) is 12.8. The molecular weight excluding hydrogens is 326 g/mol. The van der Waals surface area contributed by atoms with Gasteiger partial charge in [-0.2, -0.15) is 0 Å². The van der Waals surface area contributed by atoms with Crippen molar-refractivity contribution in [1.82, 2.24) is 29.8 Å². The Morgan fingerprint density at radius 1 is 1.12 bits per heavy atom. The maximum Gasteiger partial charge on any atom is 0.153 e. The average Bonchev–Trinajstić information content (AvgIpc) is 3.17. The fourth-order valence-corrected chi connectivity index (χ4v) is 3.49. The molecular formula is C19H23N7. The van der Waals surface area contributed by atoms with Gasteiger partial charge in [-0.15, -0.1) is 0 Å². The molecule has 0 saturated carbocycles. The molecule has 3 aromatic heterocycles. The topological polar surface area (TPSA) is 82.6 Å². The molecule has 0 aromatic carbocycles. The van der Waals surface area contributed by atoms with Gasteiger partial charge >= 0.3 is 0 Å². The molecule has 7 heteroatoms. The number of hydrogen-bond acceptors (Lipinski definition) is 6. The number of aromatic amines is 1. The van der Waals surface area contributed by atoms with Crippen LogP contribution in [0.1, 0.15) is 35.8 Å². The number of hydrogen-bond donors (Lipinski definition) is 2. The molecule has 2 N–H and O–H groups in total. The lowest BCUT2D eigenvalue weighted by Gasteiger charge is -2.32. The number of pyridine rings is 1. The third kappa shape index (κ3) is 3.72. The summed E-state index contributed by atoms with van der Waals surface area (Å²) in [5.74, 6) is 2.99. The number of piperidine rings is 1. The molecule has 1 saturated heterocycles. The largest absolute Gasteiger partial charge is 0.348 e. The Balaban J connectivity index is 1.53. The van der Waals surface area contributed by atoms with E-state index in [1.54, 1.807) is 24.8 Å². The summed E-state index contributed by atoms with van der Waals surface area (Å²) in [6, 6.07) is 3.98. The molecule has 134 valence electrons. The molecule has 26 heavy (non-hydrogen) atoms. The lowest BCUT2D eigenvalue weighted by molar-refractivity contribution is 0.195. The SMILES string of the molecule is Cc1cccnc1Nc1nccnc1[C@H]1CCCN(Cc2ncc[nH]2)C1. The number of anilines is 2. The van der Waals surface area contributed by atoms with Gasteiger partial charge in [0.15, 0.2) is 5.82 Å². The summed E-state index contributed by atoms with van der Waals surface area (Å²) in [6.07, 6.45) is 11.2. The summed E-state index contributed by atoms with van der Waals surface area (Å²) in [5, 5.41) is 3.38. The summed E-state index contributed by atoms with van der Waals surface area (Å²) in [7, 11) is 0. The predicted molar refractivity (Wildman–Crippen MR) is 100 cm³/mol. The van der Waals surface area contributed by atoms with Crippen molar-refractivity contribution in [1.29, 1.82) is 0 Å². The van der Waals surface area contributed by atoms with Crippen molar-refractivity contribution in [3.63, 3.8) is 0 Å². The van der Waals surface area contributed by atoms with Gasteiger partial charge in [-0.05, 0) is 37.9 Å². The molecule has 0 aliphatic carbocycles. The Bertz CT molecular complexity index is 847.